The van der Waals surface area contributed by atoms with Crippen molar-refractivity contribution >= 4 is 5.91 Å². The molecule has 1 N–H and O–H groups in total. The van der Waals surface area contributed by atoms with Gasteiger partial charge in [0.1, 0.15) is 24.1 Å². The van der Waals surface area contributed by atoms with E-state index in [1.165, 1.54) is 4.68 Å². The third kappa shape index (κ3) is 3.31. The lowest BCUT2D eigenvalue weighted by Crippen LogP contribution is -2.28. The topological polar surface area (TPSA) is 69.0 Å². The molecule has 1 amide bonds. The number of carbonyl (C=O) groups excluding carboxylic acids is 1. The van der Waals surface area contributed by atoms with Crippen LogP contribution in [0.2, 0.25) is 0 Å². The van der Waals surface area contributed by atoms with Crippen molar-refractivity contribution in [1.29, 1.82) is 0 Å². The summed E-state index contributed by atoms with van der Waals surface area (Å²) in [4.78, 5) is 11.5. The largest absolute Gasteiger partial charge is 0.487 e. The number of carbonyl (C=O) groups is 1. The standard InChI is InChI=1S/C13H16N4O2/c1-10(13(18)14-2)17-8-11(15-16-17)9-19-12-6-4-3-5-7-12/h3-8,10H,9H2,1-2H3,(H,14,18)/t10-/m1/s1. The summed E-state index contributed by atoms with van der Waals surface area (Å²) in [6.45, 7) is 2.08. The lowest BCUT2D eigenvalue weighted by molar-refractivity contribution is -0.123. The van der Waals surface area contributed by atoms with Crippen LogP contribution < -0.4 is 10.1 Å². The van der Waals surface area contributed by atoms with E-state index in [2.05, 4.69) is 15.6 Å². The fraction of sp³-hybridized carbons (Fsp3) is 0.308. The molecule has 6 heteroatoms. The number of hydrogen-bond acceptors (Lipinski definition) is 4. The molecule has 1 aromatic heterocycles. The predicted molar refractivity (Wildman–Crippen MR) is 69.6 cm³/mol. The molecule has 0 fully saturated rings. The van der Waals surface area contributed by atoms with E-state index in [1.54, 1.807) is 20.2 Å². The Labute approximate surface area is 111 Å². The zero-order chi connectivity index (χ0) is 13.7. The van der Waals surface area contributed by atoms with Gasteiger partial charge in [-0.05, 0) is 19.1 Å². The van der Waals surface area contributed by atoms with Crippen LogP contribution in [0.1, 0.15) is 18.7 Å². The number of aromatic nitrogens is 3. The zero-order valence-corrected chi connectivity index (χ0v) is 10.9. The van der Waals surface area contributed by atoms with Gasteiger partial charge >= 0.3 is 0 Å². The Morgan fingerprint density at radius 2 is 2.16 bits per heavy atom. The molecule has 2 aromatic rings. The van der Waals surface area contributed by atoms with Crippen molar-refractivity contribution in [3.8, 4) is 5.75 Å². The molecule has 0 bridgehead atoms. The third-order valence-electron chi connectivity index (χ3n) is 2.71. The van der Waals surface area contributed by atoms with E-state index in [-0.39, 0.29) is 11.9 Å². The van der Waals surface area contributed by atoms with Gasteiger partial charge in [0.15, 0.2) is 0 Å². The van der Waals surface area contributed by atoms with Crippen molar-refractivity contribution in [2.24, 2.45) is 0 Å². The van der Waals surface area contributed by atoms with Crippen LogP contribution >= 0.6 is 0 Å². The van der Waals surface area contributed by atoms with E-state index in [0.717, 1.165) is 5.75 Å². The van der Waals surface area contributed by atoms with E-state index < -0.39 is 0 Å². The molecule has 0 radical (unpaired) electrons. The Hall–Kier alpha value is -2.37. The maximum Gasteiger partial charge on any atom is 0.244 e. The minimum Gasteiger partial charge on any atom is -0.487 e. The number of ether oxygens (including phenoxy) is 1. The lowest BCUT2D eigenvalue weighted by atomic mass is 10.3. The highest BCUT2D eigenvalue weighted by Gasteiger charge is 2.15. The molecule has 6 nitrogen and oxygen atoms in total. The van der Waals surface area contributed by atoms with Crippen LogP contribution in [0.5, 0.6) is 5.75 Å². The molecule has 0 unspecified atom stereocenters. The van der Waals surface area contributed by atoms with E-state index >= 15 is 0 Å². The van der Waals surface area contributed by atoms with Gasteiger partial charge in [0.25, 0.3) is 0 Å². The first kappa shape index (κ1) is 13.1. The molecule has 1 atom stereocenters. The first-order valence-corrected chi connectivity index (χ1v) is 6.01. The van der Waals surface area contributed by atoms with Crippen molar-refractivity contribution in [3.05, 3.63) is 42.2 Å². The Bertz CT molecular complexity index is 539. The summed E-state index contributed by atoms with van der Waals surface area (Å²) in [6, 6.07) is 9.09. The predicted octanol–water partition coefficient (Wildman–Crippen LogP) is 1.16. The maximum atomic E-state index is 11.5. The summed E-state index contributed by atoms with van der Waals surface area (Å²) >= 11 is 0. The Morgan fingerprint density at radius 1 is 1.42 bits per heavy atom. The van der Waals surface area contributed by atoms with Gasteiger partial charge in [-0.2, -0.15) is 0 Å². The van der Waals surface area contributed by atoms with Crippen LogP contribution in [0.4, 0.5) is 0 Å². The minimum absolute atomic E-state index is 0.111. The summed E-state index contributed by atoms with van der Waals surface area (Å²) in [5, 5.41) is 10.5. The highest BCUT2D eigenvalue weighted by Crippen LogP contribution is 2.11. The highest BCUT2D eigenvalue weighted by molar-refractivity contribution is 5.79. The smallest absolute Gasteiger partial charge is 0.244 e. The molecule has 0 aliphatic rings. The molecular formula is C13H16N4O2. The van der Waals surface area contributed by atoms with Crippen LogP contribution in [0.25, 0.3) is 0 Å². The summed E-state index contributed by atoms with van der Waals surface area (Å²) in [7, 11) is 1.59. The van der Waals surface area contributed by atoms with Crippen LogP contribution in [0, 0.1) is 0 Å². The Kier molecular flexibility index (Phi) is 4.12. The molecule has 19 heavy (non-hydrogen) atoms. The lowest BCUT2D eigenvalue weighted by Gasteiger charge is -2.08. The third-order valence-corrected chi connectivity index (χ3v) is 2.71. The second-order valence-electron chi connectivity index (χ2n) is 4.08. The molecular weight excluding hydrogens is 244 g/mol. The van der Waals surface area contributed by atoms with E-state index in [1.807, 2.05) is 30.3 Å². The average Bonchev–Trinajstić information content (AvgIpc) is 2.93. The number of para-hydroxylation sites is 1. The van der Waals surface area contributed by atoms with Gasteiger partial charge in [-0.1, -0.05) is 23.4 Å². The molecule has 2 rings (SSSR count). The highest BCUT2D eigenvalue weighted by atomic mass is 16.5. The Balaban J connectivity index is 1.96. The van der Waals surface area contributed by atoms with Gasteiger partial charge in [0, 0.05) is 7.05 Å². The Morgan fingerprint density at radius 3 is 2.84 bits per heavy atom. The summed E-state index contributed by atoms with van der Waals surface area (Å²) < 4.78 is 7.07. The van der Waals surface area contributed by atoms with Gasteiger partial charge in [-0.25, -0.2) is 4.68 Å². The van der Waals surface area contributed by atoms with Crippen molar-refractivity contribution in [1.82, 2.24) is 20.3 Å². The molecule has 0 saturated carbocycles. The zero-order valence-electron chi connectivity index (χ0n) is 10.9. The number of rotatable bonds is 5. The first-order valence-electron chi connectivity index (χ1n) is 6.01. The second-order valence-corrected chi connectivity index (χ2v) is 4.08. The fourth-order valence-electron chi connectivity index (χ4n) is 1.57. The quantitative estimate of drug-likeness (QED) is 0.876. The number of nitrogens with one attached hydrogen (secondary N) is 1. The number of likely N-dealkylation sites (N-methyl/N-ethyl adjacent to an activating group) is 1. The van der Waals surface area contributed by atoms with Crippen molar-refractivity contribution in [2.45, 2.75) is 19.6 Å². The minimum atomic E-state index is -0.386. The molecule has 0 saturated heterocycles. The van der Waals surface area contributed by atoms with Gasteiger partial charge in [0.05, 0.1) is 6.20 Å². The second kappa shape index (κ2) is 5.99. The summed E-state index contributed by atoms with van der Waals surface area (Å²) in [5.74, 6) is 0.664. The average molecular weight is 260 g/mol. The number of benzene rings is 1. The molecule has 0 aliphatic heterocycles. The summed E-state index contributed by atoms with van der Waals surface area (Å²) in [6.07, 6.45) is 1.71. The number of nitrogens with zero attached hydrogens (tertiary/aromatic N) is 3. The molecule has 1 aromatic carbocycles. The van der Waals surface area contributed by atoms with Gasteiger partial charge in [0.2, 0.25) is 5.91 Å². The molecule has 100 valence electrons. The number of hydrogen-bond donors (Lipinski definition) is 1. The van der Waals surface area contributed by atoms with Gasteiger partial charge in [-0.3, -0.25) is 4.79 Å². The van der Waals surface area contributed by atoms with Crippen LogP contribution in [0.15, 0.2) is 36.5 Å². The van der Waals surface area contributed by atoms with Gasteiger partial charge in [-0.15, -0.1) is 5.10 Å². The van der Waals surface area contributed by atoms with Crippen molar-refractivity contribution in [2.75, 3.05) is 7.05 Å². The van der Waals surface area contributed by atoms with E-state index in [4.69, 9.17) is 4.74 Å². The number of amides is 1. The molecule has 0 spiro atoms. The monoisotopic (exact) mass is 260 g/mol. The van der Waals surface area contributed by atoms with Crippen molar-refractivity contribution in [3.63, 3.8) is 0 Å². The van der Waals surface area contributed by atoms with Crippen LogP contribution in [-0.2, 0) is 11.4 Å². The van der Waals surface area contributed by atoms with Gasteiger partial charge < -0.3 is 10.1 Å². The summed E-state index contributed by atoms with van der Waals surface area (Å²) in [5.41, 5.74) is 0.680. The van der Waals surface area contributed by atoms with Crippen molar-refractivity contribution < 1.29 is 9.53 Å². The normalized spacial score (nSPS) is 11.9. The van der Waals surface area contributed by atoms with E-state index in [9.17, 15) is 4.79 Å². The fourth-order valence-corrected chi connectivity index (χ4v) is 1.57. The maximum absolute atomic E-state index is 11.5. The van der Waals surface area contributed by atoms with Crippen LogP contribution in [-0.4, -0.2) is 27.9 Å². The van der Waals surface area contributed by atoms with Crippen LogP contribution in [0.3, 0.4) is 0 Å². The van der Waals surface area contributed by atoms with E-state index in [0.29, 0.717) is 12.3 Å². The molecule has 1 heterocycles. The SMILES string of the molecule is CNC(=O)[C@@H](C)n1cc(COc2ccccc2)nn1. The first-order chi connectivity index (χ1) is 9.20. The molecule has 0 aliphatic carbocycles.